The van der Waals surface area contributed by atoms with Crippen molar-refractivity contribution in [2.24, 2.45) is 5.73 Å². The minimum Gasteiger partial charge on any atom is -0.478 e. The van der Waals surface area contributed by atoms with Gasteiger partial charge in [0, 0.05) is 0 Å². The number of amides is 1. The number of aromatic nitrogens is 4. The number of nitrogens with one attached hydrogen (secondary N) is 1. The first-order valence-corrected chi connectivity index (χ1v) is 5.50. The van der Waals surface area contributed by atoms with Crippen LogP contribution in [-0.4, -0.2) is 37.6 Å². The molecule has 1 heterocycles. The van der Waals surface area contributed by atoms with E-state index in [1.807, 2.05) is 0 Å². The van der Waals surface area contributed by atoms with Gasteiger partial charge in [0.2, 0.25) is 5.91 Å². The summed E-state index contributed by atoms with van der Waals surface area (Å²) in [7, 11) is 0. The van der Waals surface area contributed by atoms with Crippen LogP contribution in [0.2, 0.25) is 0 Å². The predicted molar refractivity (Wildman–Crippen MR) is 70.0 cm³/mol. The summed E-state index contributed by atoms with van der Waals surface area (Å²) in [6.07, 6.45) is 3.30. The minimum absolute atomic E-state index is 0.0295. The van der Waals surface area contributed by atoms with Crippen LogP contribution in [0.4, 0.5) is 0 Å². The van der Waals surface area contributed by atoms with Gasteiger partial charge in [0.15, 0.2) is 6.33 Å². The van der Waals surface area contributed by atoms with E-state index in [1.165, 1.54) is 12.4 Å². The molecule has 1 amide bonds. The largest absolute Gasteiger partial charge is 0.478 e. The SMILES string of the molecule is C=CCc1cccc(C(N)=O)c1C(=O)O.c1nn[nH]n1. The normalized spacial score (nSPS) is 9.20. The number of carbonyl (C=O) groups is 2. The summed E-state index contributed by atoms with van der Waals surface area (Å²) < 4.78 is 0. The van der Waals surface area contributed by atoms with E-state index in [1.54, 1.807) is 18.2 Å². The van der Waals surface area contributed by atoms with Crippen LogP contribution in [0, 0.1) is 0 Å². The molecule has 0 aliphatic rings. The van der Waals surface area contributed by atoms with Crippen molar-refractivity contribution in [1.82, 2.24) is 20.6 Å². The Morgan fingerprint density at radius 1 is 1.45 bits per heavy atom. The molecule has 0 radical (unpaired) electrons. The van der Waals surface area contributed by atoms with E-state index in [4.69, 9.17) is 10.8 Å². The third-order valence-corrected chi connectivity index (χ3v) is 2.26. The summed E-state index contributed by atoms with van der Waals surface area (Å²) in [4.78, 5) is 22.0. The summed E-state index contributed by atoms with van der Waals surface area (Å²) in [6.45, 7) is 3.52. The van der Waals surface area contributed by atoms with Crippen molar-refractivity contribution in [3.63, 3.8) is 0 Å². The van der Waals surface area contributed by atoms with Gasteiger partial charge in [-0.15, -0.1) is 16.8 Å². The van der Waals surface area contributed by atoms with Gasteiger partial charge >= 0.3 is 5.97 Å². The third-order valence-electron chi connectivity index (χ3n) is 2.26. The monoisotopic (exact) mass is 275 g/mol. The van der Waals surface area contributed by atoms with E-state index in [2.05, 4.69) is 27.2 Å². The molecule has 4 N–H and O–H groups in total. The van der Waals surface area contributed by atoms with Gasteiger partial charge in [-0.25, -0.2) is 4.79 Å². The highest BCUT2D eigenvalue weighted by molar-refractivity contribution is 6.05. The second-order valence-corrected chi connectivity index (χ2v) is 3.56. The Kier molecular flexibility index (Phi) is 5.57. The quantitative estimate of drug-likeness (QED) is 0.692. The van der Waals surface area contributed by atoms with Crippen LogP contribution in [0.3, 0.4) is 0 Å². The van der Waals surface area contributed by atoms with Gasteiger partial charge in [-0.3, -0.25) is 4.79 Å². The van der Waals surface area contributed by atoms with Crippen LogP contribution >= 0.6 is 0 Å². The number of allylic oxidation sites excluding steroid dienone is 1. The zero-order valence-electron chi connectivity index (χ0n) is 10.5. The van der Waals surface area contributed by atoms with Crippen molar-refractivity contribution in [2.75, 3.05) is 0 Å². The molecule has 8 heteroatoms. The average molecular weight is 275 g/mol. The number of tetrazole rings is 1. The Morgan fingerprint density at radius 2 is 2.20 bits per heavy atom. The topological polar surface area (TPSA) is 135 Å². The van der Waals surface area contributed by atoms with Crippen LogP contribution in [0.1, 0.15) is 26.3 Å². The van der Waals surface area contributed by atoms with Gasteiger partial charge in [0.25, 0.3) is 0 Å². The number of hydrogen-bond acceptors (Lipinski definition) is 5. The molecule has 0 saturated carbocycles. The highest BCUT2D eigenvalue weighted by Gasteiger charge is 2.17. The van der Waals surface area contributed by atoms with Crippen molar-refractivity contribution in [1.29, 1.82) is 0 Å². The second kappa shape index (κ2) is 7.41. The summed E-state index contributed by atoms with van der Waals surface area (Å²) in [5, 5.41) is 21.1. The molecule has 0 atom stereocenters. The van der Waals surface area contributed by atoms with E-state index in [0.717, 1.165) is 0 Å². The number of nitrogens with two attached hydrogens (primary N) is 1. The molecule has 0 unspecified atom stereocenters. The standard InChI is InChI=1S/C11H11NO3.CH2N4/c1-2-4-7-5-3-6-8(10(12)13)9(7)11(14)15;1-2-4-5-3-1/h2-3,5-6H,1,4H2,(H2,12,13)(H,14,15);1H,(H,2,3,4,5). The Labute approximate surface area is 114 Å². The predicted octanol–water partition coefficient (Wildman–Crippen LogP) is 0.412. The number of carboxylic acid groups (broad SMARTS) is 1. The Balaban J connectivity index is 0.000000333. The Bertz CT molecular complexity index is 578. The molecule has 20 heavy (non-hydrogen) atoms. The van der Waals surface area contributed by atoms with Crippen LogP contribution in [0.5, 0.6) is 0 Å². The highest BCUT2D eigenvalue weighted by Crippen LogP contribution is 2.15. The molecule has 1 aromatic heterocycles. The number of aromatic amines is 1. The maximum atomic E-state index is 11.0. The molecular weight excluding hydrogens is 262 g/mol. The fourth-order valence-electron chi connectivity index (χ4n) is 1.51. The molecule has 104 valence electrons. The van der Waals surface area contributed by atoms with E-state index < -0.39 is 11.9 Å². The molecular formula is C12H13N5O3. The molecule has 0 saturated heterocycles. The molecule has 0 spiro atoms. The lowest BCUT2D eigenvalue weighted by Gasteiger charge is -2.07. The number of nitrogens with zero attached hydrogens (tertiary/aromatic N) is 3. The van der Waals surface area contributed by atoms with E-state index in [9.17, 15) is 9.59 Å². The van der Waals surface area contributed by atoms with E-state index in [0.29, 0.717) is 12.0 Å². The smallest absolute Gasteiger partial charge is 0.336 e. The molecule has 0 aliphatic carbocycles. The van der Waals surface area contributed by atoms with Crippen molar-refractivity contribution in [2.45, 2.75) is 6.42 Å². The summed E-state index contributed by atoms with van der Waals surface area (Å²) in [6, 6.07) is 4.64. The molecule has 8 nitrogen and oxygen atoms in total. The zero-order chi connectivity index (χ0) is 15.0. The van der Waals surface area contributed by atoms with Crippen molar-refractivity contribution in [3.05, 3.63) is 53.9 Å². The van der Waals surface area contributed by atoms with E-state index in [-0.39, 0.29) is 11.1 Å². The number of hydrogen-bond donors (Lipinski definition) is 3. The summed E-state index contributed by atoms with van der Waals surface area (Å²) in [5.74, 6) is -1.89. The number of primary amides is 1. The molecule has 1 aromatic carbocycles. The molecule has 0 bridgehead atoms. The number of rotatable bonds is 4. The van der Waals surface area contributed by atoms with Gasteiger partial charge < -0.3 is 10.8 Å². The second-order valence-electron chi connectivity index (χ2n) is 3.56. The van der Waals surface area contributed by atoms with Gasteiger partial charge in [-0.05, 0) is 18.1 Å². The van der Waals surface area contributed by atoms with Crippen molar-refractivity contribution < 1.29 is 14.7 Å². The minimum atomic E-state index is -1.15. The van der Waals surface area contributed by atoms with Gasteiger partial charge in [-0.2, -0.15) is 5.21 Å². The third kappa shape index (κ3) is 4.02. The molecule has 0 aliphatic heterocycles. The number of carbonyl (C=O) groups excluding carboxylic acids is 1. The summed E-state index contributed by atoms with van der Waals surface area (Å²) >= 11 is 0. The first-order valence-electron chi connectivity index (χ1n) is 5.50. The van der Waals surface area contributed by atoms with Crippen LogP contribution in [0.25, 0.3) is 0 Å². The number of H-pyrrole nitrogens is 1. The molecule has 0 fully saturated rings. The Morgan fingerprint density at radius 3 is 2.60 bits per heavy atom. The number of carboxylic acids is 1. The van der Waals surface area contributed by atoms with Crippen LogP contribution in [-0.2, 0) is 6.42 Å². The first-order chi connectivity index (χ1) is 9.57. The Hall–Kier alpha value is -3.03. The maximum Gasteiger partial charge on any atom is 0.336 e. The lowest BCUT2D eigenvalue weighted by molar-refractivity contribution is 0.0691. The van der Waals surface area contributed by atoms with Gasteiger partial charge in [-0.1, -0.05) is 23.4 Å². The van der Waals surface area contributed by atoms with Crippen molar-refractivity contribution >= 4 is 11.9 Å². The van der Waals surface area contributed by atoms with Gasteiger partial charge in [0.05, 0.1) is 11.1 Å². The van der Waals surface area contributed by atoms with Crippen LogP contribution in [0.15, 0.2) is 37.2 Å². The lowest BCUT2D eigenvalue weighted by atomic mass is 9.98. The first kappa shape index (κ1) is 15.0. The van der Waals surface area contributed by atoms with E-state index >= 15 is 0 Å². The fourth-order valence-corrected chi connectivity index (χ4v) is 1.51. The van der Waals surface area contributed by atoms with Gasteiger partial charge in [0.1, 0.15) is 0 Å². The maximum absolute atomic E-state index is 11.0. The summed E-state index contributed by atoms with van der Waals surface area (Å²) in [5.41, 5.74) is 5.62. The highest BCUT2D eigenvalue weighted by atomic mass is 16.4. The average Bonchev–Trinajstić information content (AvgIpc) is 2.97. The lowest BCUT2D eigenvalue weighted by Crippen LogP contribution is -2.17. The molecule has 2 aromatic rings. The zero-order valence-corrected chi connectivity index (χ0v) is 10.5. The fraction of sp³-hybridized carbons (Fsp3) is 0.0833. The van der Waals surface area contributed by atoms with Crippen molar-refractivity contribution in [3.8, 4) is 0 Å². The number of benzene rings is 1. The molecule has 2 rings (SSSR count). The van der Waals surface area contributed by atoms with Crippen LogP contribution < -0.4 is 5.73 Å². The number of aromatic carboxylic acids is 1.